The molecule has 0 unspecified atom stereocenters. The van der Waals surface area contributed by atoms with Crippen molar-refractivity contribution < 1.29 is 18.8 Å². The summed E-state index contributed by atoms with van der Waals surface area (Å²) in [6.45, 7) is 3.74. The minimum absolute atomic E-state index is 0.00507. The molecule has 3 amide bonds. The van der Waals surface area contributed by atoms with Crippen LogP contribution < -0.4 is 5.32 Å². The summed E-state index contributed by atoms with van der Waals surface area (Å²) < 4.78 is 12.9. The maximum absolute atomic E-state index is 12.9. The Bertz CT molecular complexity index is 893. The lowest BCUT2D eigenvalue weighted by Crippen LogP contribution is -2.50. The van der Waals surface area contributed by atoms with E-state index in [0.29, 0.717) is 39.1 Å². The van der Waals surface area contributed by atoms with Gasteiger partial charge in [0.1, 0.15) is 17.2 Å². The van der Waals surface area contributed by atoms with Crippen LogP contribution in [0.2, 0.25) is 0 Å². The molecule has 3 rings (SSSR count). The van der Waals surface area contributed by atoms with E-state index in [0.717, 1.165) is 5.56 Å². The zero-order valence-corrected chi connectivity index (χ0v) is 16.2. The van der Waals surface area contributed by atoms with E-state index in [1.807, 2.05) is 0 Å². The van der Waals surface area contributed by atoms with Gasteiger partial charge in [-0.2, -0.15) is 0 Å². The van der Waals surface area contributed by atoms with E-state index in [1.54, 1.807) is 40.1 Å². The summed E-state index contributed by atoms with van der Waals surface area (Å²) in [5.74, 6) is -0.932. The Hall–Kier alpha value is -3.29. The monoisotopic (exact) mass is 398 g/mol. The molecule has 1 saturated heterocycles. The Morgan fingerprint density at radius 2 is 1.59 bits per heavy atom. The van der Waals surface area contributed by atoms with Crippen molar-refractivity contribution in [3.05, 3.63) is 65.2 Å². The van der Waals surface area contributed by atoms with Crippen LogP contribution in [0, 0.1) is 5.82 Å². The molecule has 1 aliphatic rings. The molecule has 2 aromatic rings. The SMILES string of the molecule is CC(=O)N1CCN(C(=O)c2cccc(C(=O)NCCc3ccc(F)cc3)n2)CC1. The van der Waals surface area contributed by atoms with Crippen molar-refractivity contribution in [2.75, 3.05) is 32.7 Å². The number of pyridine rings is 1. The molecular weight excluding hydrogens is 375 g/mol. The first-order chi connectivity index (χ1) is 13.9. The number of amides is 3. The first kappa shape index (κ1) is 20.4. The van der Waals surface area contributed by atoms with Crippen molar-refractivity contribution >= 4 is 17.7 Å². The fraction of sp³-hybridized carbons (Fsp3) is 0.333. The normalized spacial score (nSPS) is 13.9. The third-order valence-electron chi connectivity index (χ3n) is 4.83. The van der Waals surface area contributed by atoms with Gasteiger partial charge in [-0.1, -0.05) is 18.2 Å². The highest BCUT2D eigenvalue weighted by Crippen LogP contribution is 2.09. The molecule has 0 radical (unpaired) electrons. The molecule has 7 nitrogen and oxygen atoms in total. The summed E-state index contributed by atoms with van der Waals surface area (Å²) in [5, 5.41) is 2.76. The molecule has 1 N–H and O–H groups in total. The molecule has 152 valence electrons. The van der Waals surface area contributed by atoms with Crippen LogP contribution >= 0.6 is 0 Å². The Balaban J connectivity index is 1.55. The van der Waals surface area contributed by atoms with E-state index < -0.39 is 0 Å². The van der Waals surface area contributed by atoms with Crippen LogP contribution in [0.1, 0.15) is 33.5 Å². The molecule has 0 saturated carbocycles. The van der Waals surface area contributed by atoms with Gasteiger partial charge >= 0.3 is 0 Å². The lowest BCUT2D eigenvalue weighted by atomic mass is 10.1. The number of nitrogens with zero attached hydrogens (tertiary/aromatic N) is 3. The highest BCUT2D eigenvalue weighted by Gasteiger charge is 2.24. The van der Waals surface area contributed by atoms with Gasteiger partial charge in [0, 0.05) is 39.6 Å². The quantitative estimate of drug-likeness (QED) is 0.828. The Labute approximate surface area is 168 Å². The second-order valence-electron chi connectivity index (χ2n) is 6.84. The number of aromatic nitrogens is 1. The van der Waals surface area contributed by atoms with Gasteiger partial charge in [0.05, 0.1) is 0 Å². The van der Waals surface area contributed by atoms with Crippen LogP contribution in [0.15, 0.2) is 42.5 Å². The predicted octanol–water partition coefficient (Wildman–Crippen LogP) is 1.50. The second-order valence-corrected chi connectivity index (χ2v) is 6.84. The number of carbonyl (C=O) groups is 3. The van der Waals surface area contributed by atoms with E-state index in [9.17, 15) is 18.8 Å². The average molecular weight is 398 g/mol. The van der Waals surface area contributed by atoms with Crippen molar-refractivity contribution in [3.63, 3.8) is 0 Å². The molecule has 1 aliphatic heterocycles. The maximum Gasteiger partial charge on any atom is 0.272 e. The molecule has 1 aromatic heterocycles. The topological polar surface area (TPSA) is 82.6 Å². The van der Waals surface area contributed by atoms with E-state index in [-0.39, 0.29) is 34.9 Å². The van der Waals surface area contributed by atoms with Crippen molar-refractivity contribution in [1.29, 1.82) is 0 Å². The molecule has 8 heteroatoms. The number of rotatable bonds is 5. The van der Waals surface area contributed by atoms with Crippen LogP contribution in [0.5, 0.6) is 0 Å². The third-order valence-corrected chi connectivity index (χ3v) is 4.83. The van der Waals surface area contributed by atoms with Crippen molar-refractivity contribution in [2.24, 2.45) is 0 Å². The Morgan fingerprint density at radius 1 is 0.966 bits per heavy atom. The maximum atomic E-state index is 12.9. The molecule has 1 aromatic carbocycles. The first-order valence-corrected chi connectivity index (χ1v) is 9.48. The molecule has 29 heavy (non-hydrogen) atoms. The van der Waals surface area contributed by atoms with Crippen LogP contribution in [0.3, 0.4) is 0 Å². The van der Waals surface area contributed by atoms with Crippen molar-refractivity contribution in [3.8, 4) is 0 Å². The van der Waals surface area contributed by atoms with Crippen LogP contribution in [0.4, 0.5) is 4.39 Å². The lowest BCUT2D eigenvalue weighted by Gasteiger charge is -2.34. The van der Waals surface area contributed by atoms with Gasteiger partial charge in [-0.25, -0.2) is 9.37 Å². The van der Waals surface area contributed by atoms with Gasteiger partial charge in [0.15, 0.2) is 0 Å². The number of nitrogens with one attached hydrogen (secondary N) is 1. The lowest BCUT2D eigenvalue weighted by molar-refractivity contribution is -0.130. The number of carbonyl (C=O) groups excluding carboxylic acids is 3. The highest BCUT2D eigenvalue weighted by molar-refractivity contribution is 5.96. The fourth-order valence-electron chi connectivity index (χ4n) is 3.13. The van der Waals surface area contributed by atoms with Gasteiger partial charge < -0.3 is 15.1 Å². The standard InChI is InChI=1S/C21H23FN4O3/c1-15(27)25-11-13-26(14-12-25)21(29)19-4-2-3-18(24-19)20(28)23-10-9-16-5-7-17(22)8-6-16/h2-8H,9-14H2,1H3,(H,23,28). The smallest absolute Gasteiger partial charge is 0.272 e. The largest absolute Gasteiger partial charge is 0.350 e. The number of halogens is 1. The minimum Gasteiger partial charge on any atom is -0.350 e. The second kappa shape index (κ2) is 9.27. The minimum atomic E-state index is -0.372. The highest BCUT2D eigenvalue weighted by atomic mass is 19.1. The first-order valence-electron chi connectivity index (χ1n) is 9.48. The summed E-state index contributed by atoms with van der Waals surface area (Å²) in [5.41, 5.74) is 1.28. The zero-order chi connectivity index (χ0) is 20.8. The van der Waals surface area contributed by atoms with Crippen LogP contribution in [-0.2, 0) is 11.2 Å². The molecule has 0 aliphatic carbocycles. The molecule has 0 spiro atoms. The number of piperazine rings is 1. The molecule has 0 bridgehead atoms. The van der Waals surface area contributed by atoms with Gasteiger partial charge in [-0.3, -0.25) is 14.4 Å². The molecular formula is C21H23FN4O3. The zero-order valence-electron chi connectivity index (χ0n) is 16.2. The molecule has 0 atom stereocenters. The predicted molar refractivity (Wildman–Crippen MR) is 105 cm³/mol. The van der Waals surface area contributed by atoms with Crippen LogP contribution in [0.25, 0.3) is 0 Å². The summed E-state index contributed by atoms with van der Waals surface area (Å²) in [6, 6.07) is 10.9. The van der Waals surface area contributed by atoms with Gasteiger partial charge in [-0.05, 0) is 36.2 Å². The van der Waals surface area contributed by atoms with Crippen LogP contribution in [-0.4, -0.2) is 65.2 Å². The number of hydrogen-bond donors (Lipinski definition) is 1. The van der Waals surface area contributed by atoms with Gasteiger partial charge in [0.25, 0.3) is 11.8 Å². The summed E-state index contributed by atoms with van der Waals surface area (Å²) in [7, 11) is 0. The fourth-order valence-corrected chi connectivity index (χ4v) is 3.13. The Kier molecular flexibility index (Phi) is 6.54. The summed E-state index contributed by atoms with van der Waals surface area (Å²) >= 11 is 0. The van der Waals surface area contributed by atoms with Gasteiger partial charge in [-0.15, -0.1) is 0 Å². The van der Waals surface area contributed by atoms with E-state index >= 15 is 0 Å². The van der Waals surface area contributed by atoms with E-state index in [2.05, 4.69) is 10.3 Å². The summed E-state index contributed by atoms with van der Waals surface area (Å²) in [4.78, 5) is 44.0. The molecule has 2 heterocycles. The van der Waals surface area contributed by atoms with Gasteiger partial charge in [0.2, 0.25) is 5.91 Å². The average Bonchev–Trinajstić information content (AvgIpc) is 2.74. The van der Waals surface area contributed by atoms with Crippen molar-refractivity contribution in [1.82, 2.24) is 20.1 Å². The Morgan fingerprint density at radius 3 is 2.24 bits per heavy atom. The van der Waals surface area contributed by atoms with Crippen molar-refractivity contribution in [2.45, 2.75) is 13.3 Å². The summed E-state index contributed by atoms with van der Waals surface area (Å²) in [6.07, 6.45) is 0.561. The van der Waals surface area contributed by atoms with E-state index in [1.165, 1.54) is 19.1 Å². The number of hydrogen-bond acceptors (Lipinski definition) is 4. The third kappa shape index (κ3) is 5.37. The van der Waals surface area contributed by atoms with E-state index in [4.69, 9.17) is 0 Å². The number of benzene rings is 1. The molecule has 1 fully saturated rings.